The van der Waals surface area contributed by atoms with E-state index in [9.17, 15) is 14.7 Å². The average molecular weight is 534 g/mol. The molecule has 3 atom stereocenters. The molecule has 7 nitrogen and oxygen atoms in total. The van der Waals surface area contributed by atoms with Crippen molar-refractivity contribution in [2.24, 2.45) is 11.7 Å². The van der Waals surface area contributed by atoms with E-state index in [4.69, 9.17) is 19.9 Å². The van der Waals surface area contributed by atoms with Crippen molar-refractivity contribution in [3.63, 3.8) is 0 Å². The fourth-order valence-electron chi connectivity index (χ4n) is 6.62. The van der Waals surface area contributed by atoms with Crippen molar-refractivity contribution >= 4 is 17.1 Å². The molecular formula is C32H39NO6. The van der Waals surface area contributed by atoms with Crippen molar-refractivity contribution in [2.45, 2.75) is 84.2 Å². The van der Waals surface area contributed by atoms with Crippen molar-refractivity contribution in [3.05, 3.63) is 63.2 Å². The quantitative estimate of drug-likeness (QED) is 0.384. The van der Waals surface area contributed by atoms with E-state index in [0.29, 0.717) is 42.7 Å². The molecule has 208 valence electrons. The monoisotopic (exact) mass is 533 g/mol. The number of hydrogen-bond acceptors (Lipinski definition) is 7. The Bertz CT molecular complexity index is 1340. The van der Waals surface area contributed by atoms with Crippen LogP contribution in [0, 0.1) is 5.92 Å². The van der Waals surface area contributed by atoms with Crippen molar-refractivity contribution in [3.8, 4) is 11.5 Å². The van der Waals surface area contributed by atoms with Crippen molar-refractivity contribution in [1.29, 1.82) is 0 Å². The van der Waals surface area contributed by atoms with Gasteiger partial charge in [0.25, 0.3) is 0 Å². The Balaban J connectivity index is 1.83. The van der Waals surface area contributed by atoms with E-state index >= 15 is 0 Å². The lowest BCUT2D eigenvalue weighted by molar-refractivity contribution is -0.235. The first-order valence-corrected chi connectivity index (χ1v) is 14.2. The number of Topliss-reactive ketones (excluding diaryl/α,β-unsaturated/α-hetero) is 1. The standard InChI is InChI=1S/C32H39NO6/c1-5-10-20-22-12-9-13-24(37-4)27(22)30(35)28-26(20)21(11-6-2)23-16-19(18(3)34)17-32(33,29(23)31(28)36)39-25-14-7-8-15-38-25/h9-10,12-13,19,25,36H,5-8,11,14-17,33H2,1-4H3. The molecule has 3 aliphatic rings. The summed E-state index contributed by atoms with van der Waals surface area (Å²) >= 11 is 0. The summed E-state index contributed by atoms with van der Waals surface area (Å²) in [5, 5.41) is 12.0. The second-order valence-electron chi connectivity index (χ2n) is 10.9. The minimum Gasteiger partial charge on any atom is -0.507 e. The van der Waals surface area contributed by atoms with Crippen LogP contribution in [-0.2, 0) is 32.8 Å². The highest BCUT2D eigenvalue weighted by atomic mass is 16.7. The van der Waals surface area contributed by atoms with Crippen LogP contribution in [0.2, 0.25) is 0 Å². The molecule has 1 aliphatic heterocycles. The van der Waals surface area contributed by atoms with Crippen LogP contribution in [0.5, 0.6) is 11.5 Å². The van der Waals surface area contributed by atoms with Crippen LogP contribution in [0.3, 0.4) is 0 Å². The van der Waals surface area contributed by atoms with Gasteiger partial charge in [0.15, 0.2) is 12.0 Å². The van der Waals surface area contributed by atoms with Crippen LogP contribution < -0.4 is 10.5 Å². The minimum absolute atomic E-state index is 0.0266. The number of ketones is 2. The fourth-order valence-corrected chi connectivity index (χ4v) is 6.62. The smallest absolute Gasteiger partial charge is 0.201 e. The van der Waals surface area contributed by atoms with Crippen LogP contribution in [0.25, 0.3) is 5.57 Å². The largest absolute Gasteiger partial charge is 0.507 e. The number of methoxy groups -OCH3 is 1. The van der Waals surface area contributed by atoms with Gasteiger partial charge in [0, 0.05) is 30.1 Å². The molecule has 7 heteroatoms. The molecule has 1 fully saturated rings. The van der Waals surface area contributed by atoms with Gasteiger partial charge in [-0.15, -0.1) is 0 Å². The Morgan fingerprint density at radius 1 is 1.23 bits per heavy atom. The summed E-state index contributed by atoms with van der Waals surface area (Å²) in [6.07, 6.45) is 7.00. The van der Waals surface area contributed by atoms with E-state index in [0.717, 1.165) is 53.5 Å². The van der Waals surface area contributed by atoms with E-state index in [1.54, 1.807) is 20.1 Å². The third-order valence-electron chi connectivity index (χ3n) is 8.34. The normalized spacial score (nSPS) is 25.2. The number of fused-ring (bicyclic) bond motifs is 3. The molecule has 0 aromatic heterocycles. The second-order valence-corrected chi connectivity index (χ2v) is 10.9. The van der Waals surface area contributed by atoms with Crippen LogP contribution in [-0.4, -0.2) is 36.7 Å². The van der Waals surface area contributed by atoms with E-state index in [2.05, 4.69) is 19.9 Å². The molecule has 0 radical (unpaired) electrons. The topological polar surface area (TPSA) is 108 Å². The maximum Gasteiger partial charge on any atom is 0.201 e. The highest BCUT2D eigenvalue weighted by molar-refractivity contribution is 6.22. The van der Waals surface area contributed by atoms with Crippen LogP contribution >= 0.6 is 0 Å². The Morgan fingerprint density at radius 2 is 2.03 bits per heavy atom. The van der Waals surface area contributed by atoms with Gasteiger partial charge in [-0.1, -0.05) is 38.5 Å². The molecule has 5 rings (SSSR count). The first kappa shape index (κ1) is 27.6. The molecule has 0 saturated carbocycles. The summed E-state index contributed by atoms with van der Waals surface area (Å²) in [4.78, 5) is 27.0. The molecule has 39 heavy (non-hydrogen) atoms. The molecule has 0 amide bonds. The molecule has 2 aliphatic carbocycles. The zero-order chi connectivity index (χ0) is 27.9. The third-order valence-corrected chi connectivity index (χ3v) is 8.34. The Labute approximate surface area is 230 Å². The molecule has 0 spiro atoms. The summed E-state index contributed by atoms with van der Waals surface area (Å²) in [6, 6.07) is 5.58. The van der Waals surface area contributed by atoms with Gasteiger partial charge in [-0.05, 0) is 73.8 Å². The lowest BCUT2D eigenvalue weighted by atomic mass is 9.68. The van der Waals surface area contributed by atoms with Crippen molar-refractivity contribution < 1.29 is 28.9 Å². The number of benzene rings is 2. The van der Waals surface area contributed by atoms with Gasteiger partial charge in [0.2, 0.25) is 5.78 Å². The summed E-state index contributed by atoms with van der Waals surface area (Å²) < 4.78 is 17.9. The maximum absolute atomic E-state index is 14.2. The molecule has 1 heterocycles. The summed E-state index contributed by atoms with van der Waals surface area (Å²) in [5.41, 5.74) is 10.8. The number of allylic oxidation sites excluding steroid dienone is 1. The second kappa shape index (κ2) is 10.9. The number of rotatable bonds is 7. The Kier molecular flexibility index (Phi) is 7.68. The summed E-state index contributed by atoms with van der Waals surface area (Å²) in [5.74, 6) is -0.345. The lowest BCUT2D eigenvalue weighted by Gasteiger charge is -2.43. The highest BCUT2D eigenvalue weighted by Crippen LogP contribution is 2.53. The van der Waals surface area contributed by atoms with Gasteiger partial charge in [-0.25, -0.2) is 0 Å². The predicted molar refractivity (Wildman–Crippen MR) is 149 cm³/mol. The molecule has 1 saturated heterocycles. The Hall–Kier alpha value is -3.00. The first-order valence-electron chi connectivity index (χ1n) is 14.2. The number of ether oxygens (including phenoxy) is 3. The zero-order valence-electron chi connectivity index (χ0n) is 23.4. The minimum atomic E-state index is -1.48. The average Bonchev–Trinajstić information content (AvgIpc) is 2.92. The molecule has 3 N–H and O–H groups in total. The number of carbonyl (C=O) groups excluding carboxylic acids is 2. The predicted octanol–water partition coefficient (Wildman–Crippen LogP) is 5.55. The Morgan fingerprint density at radius 3 is 2.67 bits per heavy atom. The number of phenols is 1. The molecule has 2 aromatic rings. The van der Waals surface area contributed by atoms with Crippen LogP contribution in [0.4, 0.5) is 0 Å². The van der Waals surface area contributed by atoms with Gasteiger partial charge >= 0.3 is 0 Å². The summed E-state index contributed by atoms with van der Waals surface area (Å²) in [6.45, 7) is 6.29. The number of carbonyl (C=O) groups is 2. The third kappa shape index (κ3) is 4.60. The zero-order valence-corrected chi connectivity index (χ0v) is 23.4. The molecule has 0 bridgehead atoms. The van der Waals surface area contributed by atoms with Gasteiger partial charge in [0.1, 0.15) is 17.3 Å². The highest BCUT2D eigenvalue weighted by Gasteiger charge is 2.48. The maximum atomic E-state index is 14.2. The van der Waals surface area contributed by atoms with Crippen LogP contribution in [0.1, 0.15) is 103 Å². The number of phenolic OH excluding ortho intramolecular Hbond substituents is 1. The van der Waals surface area contributed by atoms with Gasteiger partial charge < -0.3 is 19.3 Å². The number of nitrogens with two attached hydrogens (primary N) is 1. The molecular weight excluding hydrogens is 494 g/mol. The van der Waals surface area contributed by atoms with E-state index < -0.39 is 12.0 Å². The van der Waals surface area contributed by atoms with E-state index in [1.165, 1.54) is 0 Å². The SMILES string of the molecule is CCC=C1c2cccc(OC)c2C(=O)c2c(O)c3c(c(CCC)c21)CC(C(C)=O)CC3(N)OC1CCCCO1. The van der Waals surface area contributed by atoms with Gasteiger partial charge in [-0.2, -0.15) is 0 Å². The van der Waals surface area contributed by atoms with E-state index in [1.807, 2.05) is 12.1 Å². The van der Waals surface area contributed by atoms with Gasteiger partial charge in [0.05, 0.1) is 18.2 Å². The fraction of sp³-hybridized carbons (Fsp3) is 0.500. The summed E-state index contributed by atoms with van der Waals surface area (Å²) in [7, 11) is 1.54. The van der Waals surface area contributed by atoms with Gasteiger partial charge in [-0.3, -0.25) is 15.3 Å². The number of aromatic hydroxyl groups is 1. The first-order chi connectivity index (χ1) is 18.8. The molecule has 3 unspecified atom stereocenters. The molecule has 2 aromatic carbocycles. The van der Waals surface area contributed by atoms with Crippen molar-refractivity contribution in [2.75, 3.05) is 13.7 Å². The van der Waals surface area contributed by atoms with Crippen molar-refractivity contribution in [1.82, 2.24) is 0 Å². The number of hydrogen-bond donors (Lipinski definition) is 2. The lowest BCUT2D eigenvalue weighted by Crippen LogP contribution is -2.50. The van der Waals surface area contributed by atoms with Crippen LogP contribution in [0.15, 0.2) is 24.3 Å². The van der Waals surface area contributed by atoms with E-state index in [-0.39, 0.29) is 35.2 Å².